The van der Waals surface area contributed by atoms with Crippen molar-refractivity contribution in [2.75, 3.05) is 27.4 Å². The van der Waals surface area contributed by atoms with Crippen molar-refractivity contribution in [2.45, 2.75) is 24.5 Å². The summed E-state index contributed by atoms with van der Waals surface area (Å²) < 4.78 is 36.2. The quantitative estimate of drug-likeness (QED) is 0.693. The highest BCUT2D eigenvalue weighted by Gasteiger charge is 2.18. The van der Waals surface area contributed by atoms with Crippen LogP contribution in [0.1, 0.15) is 12.7 Å². The summed E-state index contributed by atoms with van der Waals surface area (Å²) in [5, 5.41) is 0.0617. The van der Waals surface area contributed by atoms with Crippen molar-refractivity contribution in [3.63, 3.8) is 0 Å². The Morgan fingerprint density at radius 2 is 2.22 bits per heavy atom. The number of nitrogens with zero attached hydrogens (tertiary/aromatic N) is 1. The number of ether oxygens (including phenoxy) is 2. The highest BCUT2D eigenvalue weighted by molar-refractivity contribution is 7.89. The van der Waals surface area contributed by atoms with Crippen LogP contribution in [0.5, 0.6) is 0 Å². The number of sulfonamides is 1. The third-order valence-electron chi connectivity index (χ3n) is 2.42. The molecule has 8 heteroatoms. The fourth-order valence-corrected chi connectivity index (χ4v) is 2.34. The van der Waals surface area contributed by atoms with Crippen LogP contribution in [0.2, 0.25) is 0 Å². The molecule has 0 bridgehead atoms. The number of aromatic amines is 1. The van der Waals surface area contributed by atoms with E-state index in [-0.39, 0.29) is 17.7 Å². The number of aryl methyl sites for hydroxylation is 1. The number of methoxy groups -OCH3 is 2. The Morgan fingerprint density at radius 1 is 1.50 bits per heavy atom. The molecule has 0 aliphatic carbocycles. The maximum atomic E-state index is 11.9. The normalized spacial score (nSPS) is 13.7. The summed E-state index contributed by atoms with van der Waals surface area (Å²) >= 11 is 0. The van der Waals surface area contributed by atoms with E-state index in [2.05, 4.69) is 14.7 Å². The number of hydrogen-bond acceptors (Lipinski definition) is 5. The molecule has 0 saturated carbocycles. The highest BCUT2D eigenvalue weighted by atomic mass is 32.2. The predicted molar refractivity (Wildman–Crippen MR) is 65.8 cm³/mol. The Kier molecular flexibility index (Phi) is 5.73. The minimum Gasteiger partial charge on any atom is -0.382 e. The topological polar surface area (TPSA) is 93.3 Å². The lowest BCUT2D eigenvalue weighted by molar-refractivity contribution is 0.0320. The molecule has 1 rings (SSSR count). The first kappa shape index (κ1) is 15.1. The van der Waals surface area contributed by atoms with Gasteiger partial charge in [-0.25, -0.2) is 18.1 Å². The van der Waals surface area contributed by atoms with Gasteiger partial charge in [-0.05, 0) is 0 Å². The van der Waals surface area contributed by atoms with E-state index in [1.807, 2.05) is 6.92 Å². The molecular weight excluding hydrogens is 258 g/mol. The van der Waals surface area contributed by atoms with Gasteiger partial charge in [0.2, 0.25) is 0 Å². The fourth-order valence-electron chi connectivity index (χ4n) is 1.34. The van der Waals surface area contributed by atoms with Gasteiger partial charge in [-0.1, -0.05) is 6.92 Å². The van der Waals surface area contributed by atoms with Gasteiger partial charge in [0.25, 0.3) is 10.0 Å². The maximum absolute atomic E-state index is 11.9. The Hall–Kier alpha value is -0.960. The SMILES string of the molecule is CCc1ncc(S(=O)(=O)NCC(COC)OC)[nH]1. The lowest BCUT2D eigenvalue weighted by Crippen LogP contribution is -2.35. The minimum absolute atomic E-state index is 0.0617. The molecule has 0 spiro atoms. The first-order valence-corrected chi connectivity index (χ1v) is 7.07. The molecule has 2 N–H and O–H groups in total. The molecule has 7 nitrogen and oxygen atoms in total. The zero-order valence-corrected chi connectivity index (χ0v) is 11.6. The zero-order valence-electron chi connectivity index (χ0n) is 10.8. The van der Waals surface area contributed by atoms with Crippen molar-refractivity contribution in [1.82, 2.24) is 14.7 Å². The number of nitrogens with one attached hydrogen (secondary N) is 2. The number of aromatic nitrogens is 2. The Labute approximate surface area is 107 Å². The fraction of sp³-hybridized carbons (Fsp3) is 0.700. The summed E-state index contributed by atoms with van der Waals surface area (Å²) in [4.78, 5) is 6.70. The third kappa shape index (κ3) is 4.05. The molecule has 0 saturated heterocycles. The lowest BCUT2D eigenvalue weighted by atomic mass is 10.4. The minimum atomic E-state index is -3.58. The second-order valence-electron chi connectivity index (χ2n) is 3.71. The van der Waals surface area contributed by atoms with E-state index in [0.717, 1.165) is 0 Å². The zero-order chi connectivity index (χ0) is 13.6. The Morgan fingerprint density at radius 3 is 2.72 bits per heavy atom. The van der Waals surface area contributed by atoms with Crippen LogP contribution < -0.4 is 4.72 Å². The van der Waals surface area contributed by atoms with Crippen LogP contribution in [-0.2, 0) is 25.9 Å². The van der Waals surface area contributed by atoms with E-state index in [1.165, 1.54) is 20.4 Å². The first-order valence-electron chi connectivity index (χ1n) is 5.58. The first-order chi connectivity index (χ1) is 8.53. The number of H-pyrrole nitrogens is 1. The lowest BCUT2D eigenvalue weighted by Gasteiger charge is -2.14. The van der Waals surface area contributed by atoms with Crippen molar-refractivity contribution >= 4 is 10.0 Å². The largest absolute Gasteiger partial charge is 0.382 e. The molecule has 0 aliphatic rings. The monoisotopic (exact) mass is 277 g/mol. The molecule has 0 aromatic carbocycles. The van der Waals surface area contributed by atoms with Gasteiger partial charge in [0.05, 0.1) is 18.9 Å². The van der Waals surface area contributed by atoms with Gasteiger partial charge >= 0.3 is 0 Å². The average Bonchev–Trinajstić information content (AvgIpc) is 2.84. The molecule has 0 amide bonds. The van der Waals surface area contributed by atoms with E-state index in [0.29, 0.717) is 18.9 Å². The van der Waals surface area contributed by atoms with Crippen molar-refractivity contribution < 1.29 is 17.9 Å². The van der Waals surface area contributed by atoms with Crippen LogP contribution in [0.3, 0.4) is 0 Å². The van der Waals surface area contributed by atoms with E-state index < -0.39 is 10.0 Å². The van der Waals surface area contributed by atoms with Crippen LogP contribution in [0, 0.1) is 0 Å². The van der Waals surface area contributed by atoms with Gasteiger partial charge in [-0.3, -0.25) is 0 Å². The Bertz CT molecular complexity index is 457. The molecule has 1 aromatic heterocycles. The molecule has 104 valence electrons. The van der Waals surface area contributed by atoms with E-state index >= 15 is 0 Å². The van der Waals surface area contributed by atoms with Gasteiger partial charge in [0.1, 0.15) is 5.82 Å². The average molecular weight is 277 g/mol. The molecule has 1 heterocycles. The second-order valence-corrected chi connectivity index (χ2v) is 5.45. The smallest absolute Gasteiger partial charge is 0.257 e. The Balaban J connectivity index is 2.64. The van der Waals surface area contributed by atoms with Crippen molar-refractivity contribution in [3.05, 3.63) is 12.0 Å². The summed E-state index contributed by atoms with van der Waals surface area (Å²) in [6.07, 6.45) is 1.64. The standard InChI is InChI=1S/C10H19N3O4S/c1-4-9-11-6-10(13-9)18(14,15)12-5-8(17-3)7-16-2/h6,8,12H,4-5,7H2,1-3H3,(H,11,13). The molecule has 1 aromatic rings. The van der Waals surface area contributed by atoms with Gasteiger partial charge in [-0.15, -0.1) is 0 Å². The van der Waals surface area contributed by atoms with Gasteiger partial charge in [-0.2, -0.15) is 0 Å². The van der Waals surface area contributed by atoms with Crippen molar-refractivity contribution in [3.8, 4) is 0 Å². The second kappa shape index (κ2) is 6.83. The number of rotatable bonds is 8. The molecule has 18 heavy (non-hydrogen) atoms. The molecular formula is C10H19N3O4S. The summed E-state index contributed by atoms with van der Waals surface area (Å²) in [5.41, 5.74) is 0. The molecule has 0 radical (unpaired) electrons. The van der Waals surface area contributed by atoms with E-state index in [1.54, 1.807) is 0 Å². The van der Waals surface area contributed by atoms with Gasteiger partial charge in [0.15, 0.2) is 5.03 Å². The van der Waals surface area contributed by atoms with Crippen LogP contribution in [0.4, 0.5) is 0 Å². The predicted octanol–water partition coefficient (Wildman–Crippen LogP) is -0.0882. The maximum Gasteiger partial charge on any atom is 0.257 e. The summed E-state index contributed by atoms with van der Waals surface area (Å²) in [6.45, 7) is 2.36. The van der Waals surface area contributed by atoms with Crippen molar-refractivity contribution in [1.29, 1.82) is 0 Å². The summed E-state index contributed by atoms with van der Waals surface area (Å²) in [6, 6.07) is 0. The molecule has 0 fully saturated rings. The highest BCUT2D eigenvalue weighted by Crippen LogP contribution is 2.06. The van der Waals surface area contributed by atoms with Crippen LogP contribution >= 0.6 is 0 Å². The molecule has 0 aliphatic heterocycles. The molecule has 1 atom stereocenters. The van der Waals surface area contributed by atoms with Gasteiger partial charge < -0.3 is 14.5 Å². The molecule has 1 unspecified atom stereocenters. The number of hydrogen-bond donors (Lipinski definition) is 2. The summed E-state index contributed by atoms with van der Waals surface area (Å²) in [7, 11) is -0.543. The van der Waals surface area contributed by atoms with Crippen LogP contribution in [0.15, 0.2) is 11.2 Å². The van der Waals surface area contributed by atoms with Crippen LogP contribution in [0.25, 0.3) is 0 Å². The van der Waals surface area contributed by atoms with Crippen LogP contribution in [-0.4, -0.2) is 51.9 Å². The van der Waals surface area contributed by atoms with E-state index in [9.17, 15) is 8.42 Å². The summed E-state index contributed by atoms with van der Waals surface area (Å²) in [5.74, 6) is 0.635. The van der Waals surface area contributed by atoms with Gasteiger partial charge in [0, 0.05) is 27.2 Å². The van der Waals surface area contributed by atoms with Crippen molar-refractivity contribution in [2.24, 2.45) is 0 Å². The third-order valence-corrected chi connectivity index (χ3v) is 3.75. The van der Waals surface area contributed by atoms with E-state index in [4.69, 9.17) is 9.47 Å². The number of imidazole rings is 1.